The Kier molecular flexibility index (Phi) is 3.26. The summed E-state index contributed by atoms with van der Waals surface area (Å²) in [6, 6.07) is 8.95. The quantitative estimate of drug-likeness (QED) is 0.908. The van der Waals surface area contributed by atoms with Gasteiger partial charge in [0.15, 0.2) is 0 Å². The minimum absolute atomic E-state index is 0.0357. The van der Waals surface area contributed by atoms with Gasteiger partial charge in [-0.25, -0.2) is 4.79 Å². The van der Waals surface area contributed by atoms with E-state index in [-0.39, 0.29) is 28.9 Å². The van der Waals surface area contributed by atoms with E-state index in [1.165, 1.54) is 17.5 Å². The highest BCUT2D eigenvalue weighted by atomic mass is 16.6. The summed E-state index contributed by atoms with van der Waals surface area (Å²) >= 11 is 0. The number of rotatable bonds is 3. The lowest BCUT2D eigenvalue weighted by molar-refractivity contribution is -0.140. The van der Waals surface area contributed by atoms with Gasteiger partial charge in [-0.15, -0.1) is 0 Å². The van der Waals surface area contributed by atoms with Crippen LogP contribution in [0.3, 0.4) is 0 Å². The number of carbonyl (C=O) groups excluding carboxylic acids is 2. The van der Waals surface area contributed by atoms with E-state index in [1.807, 2.05) is 0 Å². The number of nitrogens with zero attached hydrogens (tertiary/aromatic N) is 1. The highest BCUT2D eigenvalue weighted by Gasteiger charge is 2.63. The molecule has 1 aromatic carbocycles. The van der Waals surface area contributed by atoms with Gasteiger partial charge in [0, 0.05) is 24.4 Å². The molecule has 26 heavy (non-hydrogen) atoms. The second-order valence-corrected chi connectivity index (χ2v) is 9.14. The van der Waals surface area contributed by atoms with Crippen LogP contribution in [-0.2, 0) is 14.9 Å². The number of nitrogens with one attached hydrogen (secondary N) is 1. The Labute approximate surface area is 154 Å². The van der Waals surface area contributed by atoms with Gasteiger partial charge in [0.2, 0.25) is 5.91 Å². The molecule has 2 unspecified atom stereocenters. The lowest BCUT2D eigenvalue weighted by atomic mass is 9.68. The summed E-state index contributed by atoms with van der Waals surface area (Å²) in [5.74, 6) is 1.44. The van der Waals surface area contributed by atoms with Crippen LogP contribution in [0.1, 0.15) is 50.2 Å². The molecule has 2 heterocycles. The number of alkyl carbamates (subject to hydrolysis) is 1. The molecule has 138 valence electrons. The van der Waals surface area contributed by atoms with Gasteiger partial charge in [0.05, 0.1) is 5.54 Å². The Morgan fingerprint density at radius 1 is 1.31 bits per heavy atom. The smallest absolute Gasteiger partial charge is 0.407 e. The van der Waals surface area contributed by atoms with Crippen LogP contribution in [0.25, 0.3) is 0 Å². The second-order valence-electron chi connectivity index (χ2n) is 9.14. The van der Waals surface area contributed by atoms with Gasteiger partial charge in [-0.1, -0.05) is 38.1 Å². The summed E-state index contributed by atoms with van der Waals surface area (Å²) in [4.78, 5) is 26.3. The van der Waals surface area contributed by atoms with E-state index in [2.05, 4.69) is 48.3 Å². The van der Waals surface area contributed by atoms with E-state index < -0.39 is 0 Å². The molecule has 5 nitrogen and oxygen atoms in total. The summed E-state index contributed by atoms with van der Waals surface area (Å²) in [5.41, 5.74) is 2.70. The molecular weight excluding hydrogens is 328 g/mol. The number of carbonyl (C=O) groups is 2. The first-order valence-corrected chi connectivity index (χ1v) is 9.75. The van der Waals surface area contributed by atoms with Crippen molar-refractivity contribution >= 4 is 12.0 Å². The number of amides is 2. The van der Waals surface area contributed by atoms with Gasteiger partial charge in [-0.2, -0.15) is 0 Å². The Morgan fingerprint density at radius 2 is 2.12 bits per heavy atom. The van der Waals surface area contributed by atoms with Crippen LogP contribution in [-0.4, -0.2) is 42.1 Å². The van der Waals surface area contributed by atoms with Crippen LogP contribution in [0, 0.1) is 11.8 Å². The lowest BCUT2D eigenvalue weighted by Gasteiger charge is -2.43. The highest BCUT2D eigenvalue weighted by Crippen LogP contribution is 2.59. The fourth-order valence-corrected chi connectivity index (χ4v) is 5.33. The number of cyclic esters (lactones) is 1. The Balaban J connectivity index is 1.26. The zero-order chi connectivity index (χ0) is 18.1. The Hall–Kier alpha value is -2.04. The van der Waals surface area contributed by atoms with Crippen molar-refractivity contribution in [2.24, 2.45) is 11.8 Å². The molecule has 2 aliphatic carbocycles. The number of hydrogen-bond acceptors (Lipinski definition) is 3. The predicted molar refractivity (Wildman–Crippen MR) is 96.8 cm³/mol. The average molecular weight is 354 g/mol. The maximum Gasteiger partial charge on any atom is 0.407 e. The minimum atomic E-state index is -0.345. The van der Waals surface area contributed by atoms with Gasteiger partial charge >= 0.3 is 6.09 Å². The van der Waals surface area contributed by atoms with Crippen LogP contribution in [0.2, 0.25) is 0 Å². The van der Waals surface area contributed by atoms with Crippen LogP contribution >= 0.6 is 0 Å². The number of ether oxygens (including phenoxy) is 1. The standard InChI is InChI=1S/C21H26N2O3/c1-13(2)14-4-3-5-16(6-14)21-9-17(21)10-23(11-21)18(24)15-7-20(8-15)12-26-19(25)22-20/h3-6,13,15,17H,7-12H2,1-2H3,(H,22,25). The van der Waals surface area contributed by atoms with Crippen molar-refractivity contribution in [2.45, 2.75) is 50.0 Å². The number of likely N-dealkylation sites (tertiary alicyclic amines) is 1. The van der Waals surface area contributed by atoms with Crippen molar-refractivity contribution in [3.05, 3.63) is 35.4 Å². The van der Waals surface area contributed by atoms with Crippen molar-refractivity contribution in [3.8, 4) is 0 Å². The molecule has 5 heteroatoms. The first kappa shape index (κ1) is 16.2. The monoisotopic (exact) mass is 354 g/mol. The van der Waals surface area contributed by atoms with E-state index in [0.717, 1.165) is 13.1 Å². The fourth-order valence-electron chi connectivity index (χ4n) is 5.33. The Bertz CT molecular complexity index is 783. The third-order valence-corrected chi connectivity index (χ3v) is 7.06. The van der Waals surface area contributed by atoms with Gasteiger partial charge in [-0.05, 0) is 42.2 Å². The normalized spacial score (nSPS) is 37.3. The lowest BCUT2D eigenvalue weighted by Crippen LogP contribution is -2.58. The highest BCUT2D eigenvalue weighted by molar-refractivity contribution is 5.82. The molecule has 1 aromatic rings. The summed E-state index contributed by atoms with van der Waals surface area (Å²) in [6.07, 6.45) is 2.29. The zero-order valence-corrected chi connectivity index (χ0v) is 15.5. The molecule has 0 aromatic heterocycles. The topological polar surface area (TPSA) is 58.6 Å². The van der Waals surface area contributed by atoms with Crippen LogP contribution in [0.15, 0.2) is 24.3 Å². The van der Waals surface area contributed by atoms with Crippen LogP contribution in [0.4, 0.5) is 4.79 Å². The van der Waals surface area contributed by atoms with Gasteiger partial charge in [-0.3, -0.25) is 4.79 Å². The fraction of sp³-hybridized carbons (Fsp3) is 0.619. The SMILES string of the molecule is CC(C)c1cccc(C23CC2CN(C(=O)C2CC4(COC(=O)N4)C2)C3)c1. The molecule has 2 atom stereocenters. The van der Waals surface area contributed by atoms with Crippen molar-refractivity contribution < 1.29 is 14.3 Å². The molecule has 1 spiro atoms. The van der Waals surface area contributed by atoms with E-state index in [1.54, 1.807) is 0 Å². The van der Waals surface area contributed by atoms with Crippen molar-refractivity contribution in [2.75, 3.05) is 19.7 Å². The third-order valence-electron chi connectivity index (χ3n) is 7.06. The van der Waals surface area contributed by atoms with Crippen molar-refractivity contribution in [1.29, 1.82) is 0 Å². The van der Waals surface area contributed by atoms with Gasteiger partial charge < -0.3 is 15.0 Å². The number of hydrogen-bond donors (Lipinski definition) is 1. The maximum atomic E-state index is 12.9. The molecule has 4 aliphatic rings. The largest absolute Gasteiger partial charge is 0.447 e. The van der Waals surface area contributed by atoms with E-state index >= 15 is 0 Å². The molecule has 2 amide bonds. The van der Waals surface area contributed by atoms with Crippen LogP contribution < -0.4 is 5.32 Å². The summed E-state index contributed by atoms with van der Waals surface area (Å²) in [6.45, 7) is 6.60. The number of benzene rings is 1. The molecule has 2 saturated carbocycles. The van der Waals surface area contributed by atoms with E-state index in [9.17, 15) is 9.59 Å². The summed E-state index contributed by atoms with van der Waals surface area (Å²) in [7, 11) is 0. The van der Waals surface area contributed by atoms with Gasteiger partial charge in [0.25, 0.3) is 0 Å². The first-order chi connectivity index (χ1) is 12.4. The summed E-state index contributed by atoms with van der Waals surface area (Å²) < 4.78 is 5.02. The Morgan fingerprint density at radius 3 is 2.81 bits per heavy atom. The molecule has 4 fully saturated rings. The average Bonchev–Trinajstić information content (AvgIpc) is 2.96. The molecular formula is C21H26N2O3. The molecule has 0 bridgehead atoms. The molecule has 5 rings (SSSR count). The van der Waals surface area contributed by atoms with Gasteiger partial charge in [0.1, 0.15) is 6.61 Å². The van der Waals surface area contributed by atoms with Crippen molar-refractivity contribution in [3.63, 3.8) is 0 Å². The maximum absolute atomic E-state index is 12.9. The number of piperidine rings is 1. The zero-order valence-electron chi connectivity index (χ0n) is 15.5. The van der Waals surface area contributed by atoms with E-state index in [0.29, 0.717) is 31.3 Å². The number of fused-ring (bicyclic) bond motifs is 1. The third kappa shape index (κ3) is 2.29. The minimum Gasteiger partial charge on any atom is -0.447 e. The van der Waals surface area contributed by atoms with Crippen molar-refractivity contribution in [1.82, 2.24) is 10.2 Å². The van der Waals surface area contributed by atoms with Crippen LogP contribution in [0.5, 0.6) is 0 Å². The second kappa shape index (κ2) is 5.24. The molecule has 0 radical (unpaired) electrons. The first-order valence-electron chi connectivity index (χ1n) is 9.75. The predicted octanol–water partition coefficient (Wildman–Crippen LogP) is 2.80. The molecule has 2 saturated heterocycles. The molecule has 1 N–H and O–H groups in total. The molecule has 2 aliphatic heterocycles. The van der Waals surface area contributed by atoms with E-state index in [4.69, 9.17) is 4.74 Å². The summed E-state index contributed by atoms with van der Waals surface area (Å²) in [5, 5.41) is 2.88.